The molecule has 0 amide bonds. The van der Waals surface area contributed by atoms with Crippen LogP contribution in [0.2, 0.25) is 0 Å². The van der Waals surface area contributed by atoms with Gasteiger partial charge >= 0.3 is 0 Å². The first-order valence-corrected chi connectivity index (χ1v) is 6.71. The second-order valence-electron chi connectivity index (χ2n) is 4.60. The summed E-state index contributed by atoms with van der Waals surface area (Å²) in [5, 5.41) is 8.79. The molecule has 1 N–H and O–H groups in total. The van der Waals surface area contributed by atoms with Gasteiger partial charge in [-0.2, -0.15) is 0 Å². The Balaban J connectivity index is 2.02. The van der Waals surface area contributed by atoms with E-state index >= 15 is 0 Å². The molecular weight excluding hydrogens is 204 g/mol. The molecule has 3 heteroatoms. The lowest BCUT2D eigenvalue weighted by Gasteiger charge is -2.23. The van der Waals surface area contributed by atoms with Crippen LogP contribution in [0.15, 0.2) is 0 Å². The van der Waals surface area contributed by atoms with Crippen molar-refractivity contribution in [2.45, 2.75) is 58.2 Å². The summed E-state index contributed by atoms with van der Waals surface area (Å²) in [6, 6.07) is 0. The van der Waals surface area contributed by atoms with Crippen LogP contribution in [0.3, 0.4) is 0 Å². The van der Waals surface area contributed by atoms with Crippen molar-refractivity contribution in [3.8, 4) is 0 Å². The molecule has 1 saturated heterocycles. The minimum Gasteiger partial charge on any atom is -0.396 e. The van der Waals surface area contributed by atoms with E-state index < -0.39 is 0 Å². The number of aliphatic hydroxyl groups is 1. The standard InChI is InChI=1S/C13H26O3/c1-2-12(6-5-9-14)8-11-16-13-7-3-4-10-15-13/h12-14H,2-11H2,1H3. The van der Waals surface area contributed by atoms with Crippen molar-refractivity contribution in [1.82, 2.24) is 0 Å². The normalized spacial score (nSPS) is 23.2. The maximum Gasteiger partial charge on any atom is 0.157 e. The zero-order valence-corrected chi connectivity index (χ0v) is 10.5. The van der Waals surface area contributed by atoms with Crippen LogP contribution in [0, 0.1) is 5.92 Å². The summed E-state index contributed by atoms with van der Waals surface area (Å²) in [5.41, 5.74) is 0. The van der Waals surface area contributed by atoms with Crippen LogP contribution in [0.4, 0.5) is 0 Å². The highest BCUT2D eigenvalue weighted by molar-refractivity contribution is 4.59. The monoisotopic (exact) mass is 230 g/mol. The quantitative estimate of drug-likeness (QED) is 0.697. The molecule has 16 heavy (non-hydrogen) atoms. The number of hydrogen-bond donors (Lipinski definition) is 1. The molecule has 1 fully saturated rings. The van der Waals surface area contributed by atoms with Gasteiger partial charge in [-0.15, -0.1) is 0 Å². The van der Waals surface area contributed by atoms with Crippen molar-refractivity contribution in [2.24, 2.45) is 5.92 Å². The molecule has 0 saturated carbocycles. The van der Waals surface area contributed by atoms with Crippen LogP contribution in [-0.2, 0) is 9.47 Å². The molecule has 1 aliphatic rings. The van der Waals surface area contributed by atoms with E-state index in [1.807, 2.05) is 0 Å². The summed E-state index contributed by atoms with van der Waals surface area (Å²) in [6.07, 6.45) is 7.79. The van der Waals surface area contributed by atoms with Gasteiger partial charge in [-0.1, -0.05) is 13.3 Å². The van der Waals surface area contributed by atoms with Gasteiger partial charge in [0.25, 0.3) is 0 Å². The Morgan fingerprint density at radius 3 is 2.88 bits per heavy atom. The molecule has 2 unspecified atom stereocenters. The highest BCUT2D eigenvalue weighted by atomic mass is 16.7. The van der Waals surface area contributed by atoms with Crippen molar-refractivity contribution in [3.63, 3.8) is 0 Å². The fraction of sp³-hybridized carbons (Fsp3) is 1.00. The number of rotatable bonds is 8. The van der Waals surface area contributed by atoms with Gasteiger partial charge in [0.2, 0.25) is 0 Å². The Morgan fingerprint density at radius 2 is 2.25 bits per heavy atom. The minimum absolute atomic E-state index is 0.0455. The van der Waals surface area contributed by atoms with Crippen molar-refractivity contribution >= 4 is 0 Å². The zero-order valence-electron chi connectivity index (χ0n) is 10.5. The smallest absolute Gasteiger partial charge is 0.157 e. The Hall–Kier alpha value is -0.120. The first-order chi connectivity index (χ1) is 7.86. The van der Waals surface area contributed by atoms with Crippen molar-refractivity contribution in [2.75, 3.05) is 19.8 Å². The van der Waals surface area contributed by atoms with Gasteiger partial charge in [0.15, 0.2) is 6.29 Å². The average Bonchev–Trinajstić information content (AvgIpc) is 2.35. The van der Waals surface area contributed by atoms with Gasteiger partial charge in [-0.3, -0.25) is 0 Å². The highest BCUT2D eigenvalue weighted by Gasteiger charge is 2.14. The van der Waals surface area contributed by atoms with E-state index in [1.165, 1.54) is 19.3 Å². The van der Waals surface area contributed by atoms with E-state index in [0.717, 1.165) is 38.9 Å². The molecule has 0 aromatic rings. The third-order valence-corrected chi connectivity index (χ3v) is 3.32. The first-order valence-electron chi connectivity index (χ1n) is 6.71. The van der Waals surface area contributed by atoms with Gasteiger partial charge in [0.1, 0.15) is 0 Å². The molecule has 0 aromatic heterocycles. The minimum atomic E-state index is 0.0455. The van der Waals surface area contributed by atoms with Crippen LogP contribution >= 0.6 is 0 Å². The summed E-state index contributed by atoms with van der Waals surface area (Å²) >= 11 is 0. The summed E-state index contributed by atoms with van der Waals surface area (Å²) in [4.78, 5) is 0. The molecule has 3 nitrogen and oxygen atoms in total. The summed E-state index contributed by atoms with van der Waals surface area (Å²) < 4.78 is 11.2. The van der Waals surface area contributed by atoms with Crippen molar-refractivity contribution in [3.05, 3.63) is 0 Å². The molecule has 2 atom stereocenters. The van der Waals surface area contributed by atoms with E-state index in [4.69, 9.17) is 14.6 Å². The molecule has 1 aliphatic heterocycles. The van der Waals surface area contributed by atoms with Crippen molar-refractivity contribution < 1.29 is 14.6 Å². The van der Waals surface area contributed by atoms with Gasteiger partial charge in [-0.05, 0) is 44.4 Å². The Labute approximate surface area is 99.1 Å². The summed E-state index contributed by atoms with van der Waals surface area (Å²) in [5.74, 6) is 0.691. The number of hydrogen-bond acceptors (Lipinski definition) is 3. The van der Waals surface area contributed by atoms with E-state index in [0.29, 0.717) is 12.5 Å². The van der Waals surface area contributed by atoms with Gasteiger partial charge in [0.05, 0.1) is 0 Å². The molecule has 0 bridgehead atoms. The SMILES string of the molecule is CCC(CCCO)CCOC1CCCCO1. The van der Waals surface area contributed by atoms with E-state index in [1.54, 1.807) is 0 Å². The van der Waals surface area contributed by atoms with Crippen LogP contribution < -0.4 is 0 Å². The first kappa shape index (κ1) is 13.9. The van der Waals surface area contributed by atoms with Crippen LogP contribution in [0.1, 0.15) is 51.9 Å². The number of aliphatic hydroxyl groups excluding tert-OH is 1. The molecule has 0 aliphatic carbocycles. The van der Waals surface area contributed by atoms with E-state index in [9.17, 15) is 0 Å². The summed E-state index contributed by atoms with van der Waals surface area (Å²) in [6.45, 7) is 4.17. The molecule has 0 spiro atoms. The predicted octanol–water partition coefficient (Wildman–Crippen LogP) is 2.72. The fourth-order valence-electron chi connectivity index (χ4n) is 2.14. The molecule has 0 radical (unpaired) electrons. The predicted molar refractivity (Wildman–Crippen MR) is 64.3 cm³/mol. The van der Waals surface area contributed by atoms with Crippen molar-refractivity contribution in [1.29, 1.82) is 0 Å². The third kappa shape index (κ3) is 5.83. The second-order valence-corrected chi connectivity index (χ2v) is 4.60. The molecule has 0 aromatic carbocycles. The van der Waals surface area contributed by atoms with Crippen LogP contribution in [-0.4, -0.2) is 31.2 Å². The Bertz CT molecular complexity index is 155. The summed E-state index contributed by atoms with van der Waals surface area (Å²) in [7, 11) is 0. The van der Waals surface area contributed by atoms with E-state index in [2.05, 4.69) is 6.92 Å². The molecule has 1 rings (SSSR count). The molecule has 1 heterocycles. The van der Waals surface area contributed by atoms with Gasteiger partial charge in [0, 0.05) is 19.8 Å². The number of ether oxygens (including phenoxy) is 2. The van der Waals surface area contributed by atoms with Crippen LogP contribution in [0.5, 0.6) is 0 Å². The largest absolute Gasteiger partial charge is 0.396 e. The highest BCUT2D eigenvalue weighted by Crippen LogP contribution is 2.18. The Kier molecular flexibility index (Phi) is 7.81. The maximum atomic E-state index is 8.79. The average molecular weight is 230 g/mol. The van der Waals surface area contributed by atoms with Gasteiger partial charge < -0.3 is 14.6 Å². The van der Waals surface area contributed by atoms with Gasteiger partial charge in [-0.25, -0.2) is 0 Å². The van der Waals surface area contributed by atoms with Crippen LogP contribution in [0.25, 0.3) is 0 Å². The molecule has 96 valence electrons. The maximum absolute atomic E-state index is 8.79. The third-order valence-electron chi connectivity index (χ3n) is 3.32. The topological polar surface area (TPSA) is 38.7 Å². The lowest BCUT2D eigenvalue weighted by molar-refractivity contribution is -0.164. The lowest BCUT2D eigenvalue weighted by atomic mass is 9.97. The Morgan fingerprint density at radius 1 is 1.38 bits per heavy atom. The molecular formula is C13H26O3. The zero-order chi connectivity index (χ0) is 11.6. The van der Waals surface area contributed by atoms with E-state index in [-0.39, 0.29) is 6.29 Å². The second kappa shape index (κ2) is 8.97. The lowest BCUT2D eigenvalue weighted by Crippen LogP contribution is -2.23. The fourth-order valence-corrected chi connectivity index (χ4v) is 2.14.